The fraction of sp³-hybridized carbons (Fsp3) is 0.194. The Bertz CT molecular complexity index is 1220. The first-order valence-electron chi connectivity index (χ1n) is 11.9. The zero-order chi connectivity index (χ0) is 24.5. The van der Waals surface area contributed by atoms with Gasteiger partial charge in [0, 0.05) is 0 Å². The number of ether oxygens (including phenoxy) is 1. The van der Waals surface area contributed by atoms with Gasteiger partial charge in [0.1, 0.15) is 11.5 Å². The van der Waals surface area contributed by atoms with Crippen LogP contribution in [0.3, 0.4) is 0 Å². The smallest absolute Gasteiger partial charge is 0.325 e. The minimum atomic E-state index is -0.555. The Morgan fingerprint density at radius 3 is 2.14 bits per heavy atom. The van der Waals surface area contributed by atoms with E-state index >= 15 is 0 Å². The van der Waals surface area contributed by atoms with Gasteiger partial charge in [0.25, 0.3) is 0 Å². The number of rotatable bonds is 10. The van der Waals surface area contributed by atoms with E-state index in [1.165, 1.54) is 5.56 Å². The standard InChI is InChI=1S/C31H31NO3/c1-24-16-19-28(20-17-24)34-29-15-9-12-25(22-29)18-21-30(33)35-32-31(2,27-13-7-4-8-14-27)23-26-10-5-3-6-11-26/h3-17,19-20,22,32H,18,21,23H2,1-2H3/t31-/m0/s1. The van der Waals surface area contributed by atoms with Gasteiger partial charge in [0.15, 0.2) is 0 Å². The lowest BCUT2D eigenvalue weighted by Gasteiger charge is -2.30. The summed E-state index contributed by atoms with van der Waals surface area (Å²) in [5.41, 5.74) is 6.93. The molecule has 0 radical (unpaired) electrons. The predicted molar refractivity (Wildman–Crippen MR) is 139 cm³/mol. The van der Waals surface area contributed by atoms with E-state index in [9.17, 15) is 4.79 Å². The molecule has 4 aromatic carbocycles. The number of carbonyl (C=O) groups excluding carboxylic acids is 1. The first kappa shape index (κ1) is 24.2. The van der Waals surface area contributed by atoms with Gasteiger partial charge in [-0.25, -0.2) is 0 Å². The lowest BCUT2D eigenvalue weighted by molar-refractivity contribution is -0.156. The molecule has 0 bridgehead atoms. The van der Waals surface area contributed by atoms with Crippen molar-refractivity contribution in [2.75, 3.05) is 0 Å². The molecule has 178 valence electrons. The molecule has 4 heteroatoms. The second kappa shape index (κ2) is 11.5. The van der Waals surface area contributed by atoms with Crippen LogP contribution in [0.2, 0.25) is 0 Å². The Kier molecular flexibility index (Phi) is 7.96. The van der Waals surface area contributed by atoms with Gasteiger partial charge >= 0.3 is 5.97 Å². The van der Waals surface area contributed by atoms with Crippen LogP contribution in [0.15, 0.2) is 109 Å². The largest absolute Gasteiger partial charge is 0.457 e. The molecule has 0 aliphatic carbocycles. The van der Waals surface area contributed by atoms with Crippen LogP contribution in [0, 0.1) is 6.92 Å². The maximum absolute atomic E-state index is 12.6. The number of carbonyl (C=O) groups is 1. The first-order chi connectivity index (χ1) is 17.0. The summed E-state index contributed by atoms with van der Waals surface area (Å²) in [6, 6.07) is 36.0. The third kappa shape index (κ3) is 7.05. The van der Waals surface area contributed by atoms with Gasteiger partial charge in [-0.3, -0.25) is 4.79 Å². The van der Waals surface area contributed by atoms with Crippen LogP contribution >= 0.6 is 0 Å². The molecule has 0 aliphatic heterocycles. The molecule has 0 heterocycles. The number of hydrogen-bond donors (Lipinski definition) is 1. The number of hydroxylamine groups is 1. The molecule has 0 fully saturated rings. The molecule has 35 heavy (non-hydrogen) atoms. The highest BCUT2D eigenvalue weighted by Gasteiger charge is 2.28. The Labute approximate surface area is 207 Å². The van der Waals surface area contributed by atoms with E-state index in [1.807, 2.05) is 104 Å². The SMILES string of the molecule is Cc1ccc(Oc2cccc(CCC(=O)ON[C@@](C)(Cc3ccccc3)c3ccccc3)c2)cc1. The summed E-state index contributed by atoms with van der Waals surface area (Å²) in [7, 11) is 0. The fourth-order valence-electron chi connectivity index (χ4n) is 3.98. The molecule has 0 aliphatic rings. The quantitative estimate of drug-likeness (QED) is 0.258. The molecule has 0 saturated carbocycles. The Hall–Kier alpha value is -3.89. The molecule has 0 unspecified atom stereocenters. The van der Waals surface area contributed by atoms with Crippen molar-refractivity contribution in [2.24, 2.45) is 0 Å². The van der Waals surface area contributed by atoms with Crippen LogP contribution in [0.5, 0.6) is 11.5 Å². The van der Waals surface area contributed by atoms with Gasteiger partial charge in [-0.2, -0.15) is 0 Å². The molecule has 0 spiro atoms. The lowest BCUT2D eigenvalue weighted by Crippen LogP contribution is -2.42. The Morgan fingerprint density at radius 1 is 0.771 bits per heavy atom. The Balaban J connectivity index is 1.35. The van der Waals surface area contributed by atoms with Crippen molar-refractivity contribution < 1.29 is 14.4 Å². The van der Waals surface area contributed by atoms with E-state index in [4.69, 9.17) is 9.57 Å². The summed E-state index contributed by atoms with van der Waals surface area (Å²) in [5.74, 6) is 1.23. The van der Waals surface area contributed by atoms with Crippen LogP contribution in [0.25, 0.3) is 0 Å². The highest BCUT2D eigenvalue weighted by molar-refractivity contribution is 5.69. The van der Waals surface area contributed by atoms with Gasteiger partial charge in [0.2, 0.25) is 0 Å². The highest BCUT2D eigenvalue weighted by Crippen LogP contribution is 2.26. The molecule has 1 N–H and O–H groups in total. The Morgan fingerprint density at radius 2 is 1.43 bits per heavy atom. The van der Waals surface area contributed by atoms with Crippen molar-refractivity contribution in [1.82, 2.24) is 5.48 Å². The second-order valence-corrected chi connectivity index (χ2v) is 9.00. The lowest BCUT2D eigenvalue weighted by atomic mass is 9.86. The van der Waals surface area contributed by atoms with Gasteiger partial charge < -0.3 is 9.57 Å². The molecule has 1 atom stereocenters. The summed E-state index contributed by atoms with van der Waals surface area (Å²) >= 11 is 0. The zero-order valence-electron chi connectivity index (χ0n) is 20.2. The van der Waals surface area contributed by atoms with E-state index in [0.29, 0.717) is 12.8 Å². The van der Waals surface area contributed by atoms with E-state index in [-0.39, 0.29) is 12.4 Å². The molecule has 0 amide bonds. The average Bonchev–Trinajstić information content (AvgIpc) is 2.89. The van der Waals surface area contributed by atoms with Crippen LogP contribution < -0.4 is 10.2 Å². The molecular weight excluding hydrogens is 434 g/mol. The van der Waals surface area contributed by atoms with Crippen LogP contribution in [-0.4, -0.2) is 5.97 Å². The molecule has 4 rings (SSSR count). The van der Waals surface area contributed by atoms with Crippen LogP contribution in [0.1, 0.15) is 35.6 Å². The monoisotopic (exact) mass is 465 g/mol. The van der Waals surface area contributed by atoms with Gasteiger partial charge in [-0.1, -0.05) is 90.5 Å². The van der Waals surface area contributed by atoms with Crippen LogP contribution in [0.4, 0.5) is 0 Å². The summed E-state index contributed by atoms with van der Waals surface area (Å²) in [4.78, 5) is 18.2. The van der Waals surface area contributed by atoms with Crippen molar-refractivity contribution >= 4 is 5.97 Å². The third-order valence-corrected chi connectivity index (χ3v) is 5.97. The van der Waals surface area contributed by atoms with E-state index in [1.54, 1.807) is 0 Å². The average molecular weight is 466 g/mol. The minimum absolute atomic E-state index is 0.261. The number of hydrogen-bond acceptors (Lipinski definition) is 4. The minimum Gasteiger partial charge on any atom is -0.457 e. The molecule has 4 nitrogen and oxygen atoms in total. The first-order valence-corrected chi connectivity index (χ1v) is 11.9. The predicted octanol–water partition coefficient (Wildman–Crippen LogP) is 6.93. The zero-order valence-corrected chi connectivity index (χ0v) is 20.2. The third-order valence-electron chi connectivity index (χ3n) is 5.97. The van der Waals surface area contributed by atoms with Crippen molar-refractivity contribution in [3.63, 3.8) is 0 Å². The van der Waals surface area contributed by atoms with Crippen molar-refractivity contribution in [2.45, 2.75) is 38.6 Å². The highest BCUT2D eigenvalue weighted by atomic mass is 16.7. The molecular formula is C31H31NO3. The summed E-state index contributed by atoms with van der Waals surface area (Å²) in [5, 5.41) is 0. The van der Waals surface area contributed by atoms with Gasteiger partial charge in [-0.05, 0) is 67.6 Å². The molecule has 4 aromatic rings. The summed E-state index contributed by atoms with van der Waals surface area (Å²) < 4.78 is 5.95. The number of benzene rings is 4. The fourth-order valence-corrected chi connectivity index (χ4v) is 3.98. The molecule has 0 aromatic heterocycles. The second-order valence-electron chi connectivity index (χ2n) is 9.00. The van der Waals surface area contributed by atoms with Gasteiger partial charge in [0.05, 0.1) is 12.0 Å². The van der Waals surface area contributed by atoms with E-state index in [2.05, 4.69) is 24.5 Å². The number of nitrogens with one attached hydrogen (secondary N) is 1. The van der Waals surface area contributed by atoms with Crippen molar-refractivity contribution in [3.8, 4) is 11.5 Å². The number of aryl methyl sites for hydroxylation is 2. The maximum Gasteiger partial charge on any atom is 0.325 e. The van der Waals surface area contributed by atoms with Crippen LogP contribution in [-0.2, 0) is 28.0 Å². The maximum atomic E-state index is 12.6. The van der Waals surface area contributed by atoms with E-state index in [0.717, 1.165) is 28.2 Å². The van der Waals surface area contributed by atoms with Gasteiger partial charge in [-0.15, -0.1) is 5.48 Å². The van der Waals surface area contributed by atoms with E-state index < -0.39 is 5.54 Å². The summed E-state index contributed by atoms with van der Waals surface area (Å²) in [6.45, 7) is 4.09. The van der Waals surface area contributed by atoms with Crippen molar-refractivity contribution in [1.29, 1.82) is 0 Å². The summed E-state index contributed by atoms with van der Waals surface area (Å²) in [6.07, 6.45) is 1.51. The topological polar surface area (TPSA) is 47.6 Å². The van der Waals surface area contributed by atoms with Crippen molar-refractivity contribution in [3.05, 3.63) is 131 Å². The normalized spacial score (nSPS) is 12.5. The molecule has 0 saturated heterocycles.